The van der Waals surface area contributed by atoms with Gasteiger partial charge in [-0.15, -0.1) is 0 Å². The lowest BCUT2D eigenvalue weighted by Gasteiger charge is -2.28. The van der Waals surface area contributed by atoms with Gasteiger partial charge in [0.25, 0.3) is 0 Å². The first-order valence-electron chi connectivity index (χ1n) is 6.81. The number of amides is 1. The number of nitrogens with two attached hydrogens (primary N) is 1. The van der Waals surface area contributed by atoms with Crippen molar-refractivity contribution in [1.82, 2.24) is 9.80 Å². The Hall–Kier alpha value is -0.910. The molecule has 1 unspecified atom stereocenters. The first-order chi connectivity index (χ1) is 9.12. The zero-order chi connectivity index (χ0) is 14.3. The van der Waals surface area contributed by atoms with Gasteiger partial charge in [-0.25, -0.2) is 0 Å². The molecule has 0 aliphatic carbocycles. The standard InChI is InChI=1S/C14H25N3OS/c1-4-17(5-2)14(18)8-13(9-15)16(3)10-12-6-7-19-11-12/h6-7,11,13H,4-5,8-10,15H2,1-3H3. The SMILES string of the molecule is CCN(CC)C(=O)CC(CN)N(C)Cc1ccsc1. The summed E-state index contributed by atoms with van der Waals surface area (Å²) in [7, 11) is 2.03. The minimum absolute atomic E-state index is 0.105. The van der Waals surface area contributed by atoms with Crippen LogP contribution in [0.1, 0.15) is 25.8 Å². The highest BCUT2D eigenvalue weighted by Crippen LogP contribution is 2.12. The molecular formula is C14H25N3OS. The molecule has 1 aromatic heterocycles. The summed E-state index contributed by atoms with van der Waals surface area (Å²) in [6.07, 6.45) is 0.499. The van der Waals surface area contributed by atoms with Crippen LogP contribution in [0.3, 0.4) is 0 Å². The summed E-state index contributed by atoms with van der Waals surface area (Å²) >= 11 is 1.69. The molecule has 4 nitrogen and oxygen atoms in total. The molecule has 0 radical (unpaired) electrons. The number of hydrogen-bond acceptors (Lipinski definition) is 4. The lowest BCUT2D eigenvalue weighted by Crippen LogP contribution is -2.42. The average molecular weight is 283 g/mol. The molecule has 0 bridgehead atoms. The highest BCUT2D eigenvalue weighted by molar-refractivity contribution is 7.07. The molecule has 0 spiro atoms. The second-order valence-electron chi connectivity index (χ2n) is 4.71. The lowest BCUT2D eigenvalue weighted by atomic mass is 10.1. The van der Waals surface area contributed by atoms with Crippen LogP contribution >= 0.6 is 11.3 Å². The number of hydrogen-bond donors (Lipinski definition) is 1. The van der Waals surface area contributed by atoms with Crippen molar-refractivity contribution in [3.05, 3.63) is 22.4 Å². The van der Waals surface area contributed by atoms with Crippen LogP contribution in [0.25, 0.3) is 0 Å². The summed E-state index contributed by atoms with van der Waals surface area (Å²) in [5.41, 5.74) is 7.10. The highest BCUT2D eigenvalue weighted by atomic mass is 32.1. The fraction of sp³-hybridized carbons (Fsp3) is 0.643. The molecule has 2 N–H and O–H groups in total. The predicted octanol–water partition coefficient (Wildman–Crippen LogP) is 1.77. The van der Waals surface area contributed by atoms with E-state index in [0.717, 1.165) is 19.6 Å². The van der Waals surface area contributed by atoms with Crippen molar-refractivity contribution < 1.29 is 4.79 Å². The van der Waals surface area contributed by atoms with E-state index in [4.69, 9.17) is 5.73 Å². The third-order valence-electron chi connectivity index (χ3n) is 3.43. The molecule has 19 heavy (non-hydrogen) atoms. The molecule has 1 atom stereocenters. The molecule has 1 amide bonds. The van der Waals surface area contributed by atoms with E-state index in [1.165, 1.54) is 5.56 Å². The molecule has 0 aliphatic heterocycles. The molecule has 5 heteroatoms. The van der Waals surface area contributed by atoms with Crippen molar-refractivity contribution in [2.75, 3.05) is 26.7 Å². The van der Waals surface area contributed by atoms with Crippen LogP contribution in [0.4, 0.5) is 0 Å². The monoisotopic (exact) mass is 283 g/mol. The Morgan fingerprint density at radius 3 is 2.58 bits per heavy atom. The van der Waals surface area contributed by atoms with Crippen LogP contribution < -0.4 is 5.73 Å². The van der Waals surface area contributed by atoms with Gasteiger partial charge in [-0.3, -0.25) is 9.69 Å². The molecular weight excluding hydrogens is 258 g/mol. The zero-order valence-electron chi connectivity index (χ0n) is 12.1. The normalized spacial score (nSPS) is 12.7. The Labute approximate surface area is 120 Å². The van der Waals surface area contributed by atoms with Crippen molar-refractivity contribution >= 4 is 17.2 Å². The van der Waals surface area contributed by atoms with Crippen molar-refractivity contribution in [3.63, 3.8) is 0 Å². The molecule has 1 aromatic rings. The van der Waals surface area contributed by atoms with Crippen LogP contribution in [0, 0.1) is 0 Å². The lowest BCUT2D eigenvalue weighted by molar-refractivity contribution is -0.132. The minimum Gasteiger partial charge on any atom is -0.343 e. The van der Waals surface area contributed by atoms with Crippen molar-refractivity contribution in [2.45, 2.75) is 32.9 Å². The van der Waals surface area contributed by atoms with E-state index in [0.29, 0.717) is 13.0 Å². The Kier molecular flexibility index (Phi) is 7.05. The number of nitrogens with zero attached hydrogens (tertiary/aromatic N) is 2. The van der Waals surface area contributed by atoms with E-state index >= 15 is 0 Å². The average Bonchev–Trinajstić information content (AvgIpc) is 2.90. The Morgan fingerprint density at radius 1 is 1.42 bits per heavy atom. The van der Waals surface area contributed by atoms with E-state index in [-0.39, 0.29) is 11.9 Å². The van der Waals surface area contributed by atoms with Gasteiger partial charge < -0.3 is 10.6 Å². The second-order valence-corrected chi connectivity index (χ2v) is 5.49. The van der Waals surface area contributed by atoms with Crippen LogP contribution in [0.5, 0.6) is 0 Å². The van der Waals surface area contributed by atoms with Gasteiger partial charge in [0.1, 0.15) is 0 Å². The summed E-state index contributed by atoms with van der Waals surface area (Å²) in [4.78, 5) is 16.2. The molecule has 0 saturated heterocycles. The number of carbonyl (C=O) groups excluding carboxylic acids is 1. The topological polar surface area (TPSA) is 49.6 Å². The maximum Gasteiger partial charge on any atom is 0.224 e. The maximum atomic E-state index is 12.1. The van der Waals surface area contributed by atoms with Gasteiger partial charge in [0.15, 0.2) is 0 Å². The molecule has 0 saturated carbocycles. The summed E-state index contributed by atoms with van der Waals surface area (Å²) in [6, 6.07) is 2.22. The van der Waals surface area contributed by atoms with E-state index < -0.39 is 0 Å². The molecule has 108 valence electrons. The smallest absolute Gasteiger partial charge is 0.224 e. The fourth-order valence-corrected chi connectivity index (χ4v) is 2.79. The van der Waals surface area contributed by atoms with E-state index in [1.54, 1.807) is 11.3 Å². The van der Waals surface area contributed by atoms with E-state index in [1.807, 2.05) is 25.8 Å². The fourth-order valence-electron chi connectivity index (χ4n) is 2.13. The van der Waals surface area contributed by atoms with Crippen LogP contribution in [0.15, 0.2) is 16.8 Å². The number of likely N-dealkylation sites (N-methyl/N-ethyl adjacent to an activating group) is 1. The number of thiophene rings is 1. The van der Waals surface area contributed by atoms with E-state index in [9.17, 15) is 4.79 Å². The van der Waals surface area contributed by atoms with Crippen LogP contribution in [-0.4, -0.2) is 48.4 Å². The summed E-state index contributed by atoms with van der Waals surface area (Å²) in [5.74, 6) is 0.192. The van der Waals surface area contributed by atoms with Gasteiger partial charge >= 0.3 is 0 Å². The molecule has 1 heterocycles. The molecule has 1 rings (SSSR count). The maximum absolute atomic E-state index is 12.1. The predicted molar refractivity (Wildman–Crippen MR) is 81.2 cm³/mol. The number of carbonyl (C=O) groups is 1. The third kappa shape index (κ3) is 4.93. The largest absolute Gasteiger partial charge is 0.343 e. The Morgan fingerprint density at radius 2 is 2.11 bits per heavy atom. The van der Waals surface area contributed by atoms with Crippen LogP contribution in [-0.2, 0) is 11.3 Å². The van der Waals surface area contributed by atoms with Crippen molar-refractivity contribution in [1.29, 1.82) is 0 Å². The van der Waals surface area contributed by atoms with Crippen molar-refractivity contribution in [2.24, 2.45) is 5.73 Å². The van der Waals surface area contributed by atoms with Gasteiger partial charge in [0.2, 0.25) is 5.91 Å². The van der Waals surface area contributed by atoms with Gasteiger partial charge in [0.05, 0.1) is 0 Å². The first-order valence-corrected chi connectivity index (χ1v) is 7.75. The molecule has 0 aromatic carbocycles. The second kappa shape index (κ2) is 8.30. The Balaban J connectivity index is 2.54. The minimum atomic E-state index is 0.105. The molecule has 0 fully saturated rings. The van der Waals surface area contributed by atoms with Crippen molar-refractivity contribution in [3.8, 4) is 0 Å². The van der Waals surface area contributed by atoms with Gasteiger partial charge in [-0.1, -0.05) is 0 Å². The first kappa shape index (κ1) is 16.1. The third-order valence-corrected chi connectivity index (χ3v) is 4.17. The summed E-state index contributed by atoms with van der Waals surface area (Å²) < 4.78 is 0. The quantitative estimate of drug-likeness (QED) is 0.791. The van der Waals surface area contributed by atoms with Crippen LogP contribution in [0.2, 0.25) is 0 Å². The Bertz CT molecular complexity index is 363. The molecule has 0 aliphatic rings. The zero-order valence-corrected chi connectivity index (χ0v) is 12.9. The van der Waals surface area contributed by atoms with E-state index in [2.05, 4.69) is 21.7 Å². The number of rotatable bonds is 8. The summed E-state index contributed by atoms with van der Waals surface area (Å²) in [6.45, 7) is 6.90. The van der Waals surface area contributed by atoms with Gasteiger partial charge in [-0.05, 0) is 43.3 Å². The van der Waals surface area contributed by atoms with Gasteiger partial charge in [0, 0.05) is 38.6 Å². The van der Waals surface area contributed by atoms with Gasteiger partial charge in [-0.2, -0.15) is 11.3 Å². The highest BCUT2D eigenvalue weighted by Gasteiger charge is 2.20. The summed E-state index contributed by atoms with van der Waals surface area (Å²) in [5, 5.41) is 4.21.